The van der Waals surface area contributed by atoms with Gasteiger partial charge in [-0.25, -0.2) is 0 Å². The Bertz CT molecular complexity index is 1040. The molecule has 8 heteroatoms. The lowest BCUT2D eigenvalue weighted by Crippen LogP contribution is -2.42. The molecular weight excluding hydrogens is 374 g/mol. The molecule has 0 spiro atoms. The molecule has 2 aromatic carbocycles. The van der Waals surface area contributed by atoms with Crippen LogP contribution in [0.5, 0.6) is 5.75 Å². The van der Waals surface area contributed by atoms with E-state index in [4.69, 9.17) is 9.47 Å². The highest BCUT2D eigenvalue weighted by Gasteiger charge is 2.20. The molecule has 0 saturated heterocycles. The molecule has 0 unspecified atom stereocenters. The summed E-state index contributed by atoms with van der Waals surface area (Å²) in [5.74, 6) is -1.22. The van der Waals surface area contributed by atoms with Crippen LogP contribution in [0.1, 0.15) is 23.8 Å². The zero-order valence-electron chi connectivity index (χ0n) is 16.1. The van der Waals surface area contributed by atoms with Gasteiger partial charge in [-0.1, -0.05) is 30.3 Å². The molecule has 0 bridgehead atoms. The number of carbonyl (C=O) groups excluding carboxylic acids is 3. The molecule has 1 aromatic heterocycles. The summed E-state index contributed by atoms with van der Waals surface area (Å²) in [6.45, 7) is 1.82. The van der Waals surface area contributed by atoms with Crippen molar-refractivity contribution < 1.29 is 23.9 Å². The van der Waals surface area contributed by atoms with Crippen LogP contribution in [0.4, 0.5) is 0 Å². The third-order valence-electron chi connectivity index (χ3n) is 4.22. The number of hydrogen-bond donors (Lipinski definition) is 3. The summed E-state index contributed by atoms with van der Waals surface area (Å²) in [4.78, 5) is 39.1. The third-order valence-corrected chi connectivity index (χ3v) is 4.22. The number of esters is 1. The van der Waals surface area contributed by atoms with Gasteiger partial charge in [0.05, 0.1) is 13.7 Å². The molecule has 0 aliphatic rings. The van der Waals surface area contributed by atoms with Crippen LogP contribution in [0.25, 0.3) is 22.0 Å². The number of benzene rings is 2. The molecule has 0 saturated carbocycles. The first-order chi connectivity index (χ1) is 14.0. The van der Waals surface area contributed by atoms with Gasteiger partial charge in [-0.3, -0.25) is 25.2 Å². The van der Waals surface area contributed by atoms with E-state index >= 15 is 0 Å². The quantitative estimate of drug-likeness (QED) is 0.338. The Hall–Kier alpha value is -3.81. The maximum Gasteiger partial charge on any atom is 0.315 e. The summed E-state index contributed by atoms with van der Waals surface area (Å²) in [5, 5.41) is 0.804. The van der Waals surface area contributed by atoms with Gasteiger partial charge in [-0.05, 0) is 30.7 Å². The van der Waals surface area contributed by atoms with Crippen molar-refractivity contribution in [1.29, 1.82) is 0 Å². The minimum Gasteiger partial charge on any atom is -0.497 e. The number of amides is 2. The Kier molecular flexibility index (Phi) is 6.13. The topological polar surface area (TPSA) is 110 Å². The Balaban J connectivity index is 1.89. The van der Waals surface area contributed by atoms with Gasteiger partial charge < -0.3 is 14.5 Å². The smallest absolute Gasteiger partial charge is 0.315 e. The van der Waals surface area contributed by atoms with Crippen molar-refractivity contribution in [3.8, 4) is 16.9 Å². The standard InChI is InChI=1S/C21H21N3O5/c1-3-29-18(26)12-17(25)23-24-21(27)20-19(13-7-5-4-6-8-13)15-11-14(28-2)9-10-16(15)22-20/h4-11,22H,3,12H2,1-2H3,(H,23,25)(H,24,27). The first kappa shape index (κ1) is 19.9. The van der Waals surface area contributed by atoms with Gasteiger partial charge in [0.1, 0.15) is 17.9 Å². The number of aromatic nitrogens is 1. The fourth-order valence-corrected chi connectivity index (χ4v) is 2.95. The van der Waals surface area contributed by atoms with Gasteiger partial charge in [0.15, 0.2) is 0 Å². The van der Waals surface area contributed by atoms with E-state index in [9.17, 15) is 14.4 Å². The predicted molar refractivity (Wildman–Crippen MR) is 107 cm³/mol. The van der Waals surface area contributed by atoms with Crippen molar-refractivity contribution in [2.75, 3.05) is 13.7 Å². The highest BCUT2D eigenvalue weighted by atomic mass is 16.5. The second kappa shape index (κ2) is 8.92. The summed E-state index contributed by atoms with van der Waals surface area (Å²) < 4.78 is 10.0. The average molecular weight is 395 g/mol. The van der Waals surface area contributed by atoms with Crippen LogP contribution < -0.4 is 15.6 Å². The maximum absolute atomic E-state index is 12.8. The van der Waals surface area contributed by atoms with E-state index in [-0.39, 0.29) is 12.3 Å². The molecule has 2 amide bonds. The number of methoxy groups -OCH3 is 1. The fraction of sp³-hybridized carbons (Fsp3) is 0.190. The van der Waals surface area contributed by atoms with Gasteiger partial charge in [0, 0.05) is 16.5 Å². The van der Waals surface area contributed by atoms with Gasteiger partial charge in [0.25, 0.3) is 5.91 Å². The monoisotopic (exact) mass is 395 g/mol. The van der Waals surface area contributed by atoms with Gasteiger partial charge in [-0.15, -0.1) is 0 Å². The molecule has 150 valence electrons. The van der Waals surface area contributed by atoms with E-state index in [1.807, 2.05) is 42.5 Å². The number of hydrogen-bond acceptors (Lipinski definition) is 5. The second-order valence-corrected chi connectivity index (χ2v) is 6.14. The van der Waals surface area contributed by atoms with Crippen LogP contribution in [0, 0.1) is 0 Å². The molecule has 0 radical (unpaired) electrons. The zero-order chi connectivity index (χ0) is 20.8. The van der Waals surface area contributed by atoms with Crippen molar-refractivity contribution in [2.45, 2.75) is 13.3 Å². The second-order valence-electron chi connectivity index (χ2n) is 6.14. The Morgan fingerprint density at radius 3 is 2.48 bits per heavy atom. The molecule has 29 heavy (non-hydrogen) atoms. The van der Waals surface area contributed by atoms with Crippen molar-refractivity contribution in [3.63, 3.8) is 0 Å². The van der Waals surface area contributed by atoms with Crippen LogP contribution >= 0.6 is 0 Å². The number of carbonyl (C=O) groups is 3. The maximum atomic E-state index is 12.8. The summed E-state index contributed by atoms with van der Waals surface area (Å²) in [7, 11) is 1.57. The van der Waals surface area contributed by atoms with E-state index in [0.717, 1.165) is 16.5 Å². The number of rotatable bonds is 6. The lowest BCUT2D eigenvalue weighted by atomic mass is 10.0. The van der Waals surface area contributed by atoms with E-state index in [0.29, 0.717) is 11.3 Å². The molecule has 0 atom stereocenters. The molecule has 3 rings (SSSR count). The summed E-state index contributed by atoms with van der Waals surface area (Å²) in [6, 6.07) is 14.8. The fourth-order valence-electron chi connectivity index (χ4n) is 2.95. The Morgan fingerprint density at radius 1 is 1.03 bits per heavy atom. The SMILES string of the molecule is CCOC(=O)CC(=O)NNC(=O)c1[nH]c2ccc(OC)cc2c1-c1ccccc1. The summed E-state index contributed by atoms with van der Waals surface area (Å²) in [6.07, 6.45) is -0.483. The van der Waals surface area contributed by atoms with Gasteiger partial charge in [0.2, 0.25) is 5.91 Å². The van der Waals surface area contributed by atoms with Gasteiger partial charge in [-0.2, -0.15) is 0 Å². The van der Waals surface area contributed by atoms with E-state index in [1.54, 1.807) is 20.1 Å². The van der Waals surface area contributed by atoms with E-state index in [2.05, 4.69) is 15.8 Å². The number of fused-ring (bicyclic) bond motifs is 1. The number of ether oxygens (including phenoxy) is 2. The zero-order valence-corrected chi connectivity index (χ0v) is 16.1. The number of H-pyrrole nitrogens is 1. The molecule has 3 aromatic rings. The molecule has 0 fully saturated rings. The third kappa shape index (κ3) is 4.55. The van der Waals surface area contributed by atoms with Gasteiger partial charge >= 0.3 is 5.97 Å². The van der Waals surface area contributed by atoms with Crippen molar-refractivity contribution in [1.82, 2.24) is 15.8 Å². The first-order valence-corrected chi connectivity index (χ1v) is 9.03. The molecule has 0 aliphatic carbocycles. The highest BCUT2D eigenvalue weighted by molar-refractivity contribution is 6.10. The van der Waals surface area contributed by atoms with Crippen LogP contribution in [-0.4, -0.2) is 36.5 Å². The van der Waals surface area contributed by atoms with Crippen LogP contribution in [-0.2, 0) is 14.3 Å². The van der Waals surface area contributed by atoms with E-state index in [1.165, 1.54) is 0 Å². The van der Waals surface area contributed by atoms with Crippen LogP contribution in [0.3, 0.4) is 0 Å². The van der Waals surface area contributed by atoms with Crippen molar-refractivity contribution >= 4 is 28.7 Å². The van der Waals surface area contributed by atoms with Crippen LogP contribution in [0.15, 0.2) is 48.5 Å². The van der Waals surface area contributed by atoms with Crippen molar-refractivity contribution in [2.24, 2.45) is 0 Å². The average Bonchev–Trinajstić information content (AvgIpc) is 3.11. The number of hydrazine groups is 1. The largest absolute Gasteiger partial charge is 0.497 e. The lowest BCUT2D eigenvalue weighted by molar-refractivity contribution is -0.146. The molecule has 8 nitrogen and oxygen atoms in total. The normalized spacial score (nSPS) is 10.4. The molecule has 1 heterocycles. The predicted octanol–water partition coefficient (Wildman–Crippen LogP) is 2.56. The molecule has 0 aliphatic heterocycles. The molecular formula is C21H21N3O5. The number of nitrogens with one attached hydrogen (secondary N) is 3. The molecule has 3 N–H and O–H groups in total. The number of aromatic amines is 1. The Morgan fingerprint density at radius 2 is 1.79 bits per heavy atom. The van der Waals surface area contributed by atoms with Crippen LogP contribution in [0.2, 0.25) is 0 Å². The minimum atomic E-state index is -0.671. The lowest BCUT2D eigenvalue weighted by Gasteiger charge is -2.08. The van der Waals surface area contributed by atoms with E-state index < -0.39 is 24.2 Å². The highest BCUT2D eigenvalue weighted by Crippen LogP contribution is 2.34. The first-order valence-electron chi connectivity index (χ1n) is 9.03. The summed E-state index contributed by atoms with van der Waals surface area (Å²) >= 11 is 0. The summed E-state index contributed by atoms with van der Waals surface area (Å²) in [5.41, 5.74) is 7.09. The van der Waals surface area contributed by atoms with Crippen molar-refractivity contribution in [3.05, 3.63) is 54.2 Å². The Labute approximate surface area is 167 Å². The minimum absolute atomic E-state index is 0.178.